The predicted molar refractivity (Wildman–Crippen MR) is 137 cm³/mol. The van der Waals surface area contributed by atoms with E-state index in [0.717, 1.165) is 28.1 Å². The number of urea groups is 1. The van der Waals surface area contributed by atoms with Crippen LogP contribution in [-0.4, -0.2) is 36.2 Å². The van der Waals surface area contributed by atoms with Gasteiger partial charge in [-0.15, -0.1) is 11.8 Å². The highest BCUT2D eigenvalue weighted by atomic mass is 35.5. The van der Waals surface area contributed by atoms with Crippen LogP contribution >= 0.6 is 23.4 Å². The fraction of sp³-hybridized carbons (Fsp3) is 0.231. The minimum Gasteiger partial charge on any atom is -0.497 e. The Kier molecular flexibility index (Phi) is 5.91. The van der Waals surface area contributed by atoms with Crippen LogP contribution in [0, 0.1) is 6.92 Å². The SMILES string of the molecule is COc1cccc(CN2C(=O)[C@]3(SCCN3C(=O)Nc3cccc(Cl)c3)c3cc(C)ccc32)c1. The van der Waals surface area contributed by atoms with Gasteiger partial charge in [0.25, 0.3) is 5.91 Å². The molecule has 34 heavy (non-hydrogen) atoms. The average molecular weight is 494 g/mol. The summed E-state index contributed by atoms with van der Waals surface area (Å²) in [6.45, 7) is 2.85. The molecule has 5 rings (SSSR count). The first-order valence-electron chi connectivity index (χ1n) is 11.0. The number of nitrogens with zero attached hydrogens (tertiary/aromatic N) is 2. The maximum atomic E-state index is 14.1. The second-order valence-corrected chi connectivity index (χ2v) is 10.1. The van der Waals surface area contributed by atoms with Crippen LogP contribution in [-0.2, 0) is 16.2 Å². The van der Waals surface area contributed by atoms with Crippen molar-refractivity contribution in [3.05, 3.63) is 88.4 Å². The number of nitrogens with one attached hydrogen (secondary N) is 1. The molecule has 0 unspecified atom stereocenters. The van der Waals surface area contributed by atoms with Crippen LogP contribution < -0.4 is 15.0 Å². The lowest BCUT2D eigenvalue weighted by Crippen LogP contribution is -2.51. The number of carbonyl (C=O) groups excluding carboxylic acids is 2. The lowest BCUT2D eigenvalue weighted by Gasteiger charge is -2.33. The molecule has 3 aromatic rings. The number of amides is 3. The first-order chi connectivity index (χ1) is 16.4. The van der Waals surface area contributed by atoms with E-state index in [1.807, 2.05) is 49.4 Å². The number of ether oxygens (including phenoxy) is 1. The summed E-state index contributed by atoms with van der Waals surface area (Å²) in [6.07, 6.45) is 0. The number of rotatable bonds is 4. The molecule has 2 aliphatic rings. The second kappa shape index (κ2) is 8.89. The topological polar surface area (TPSA) is 61.9 Å². The molecule has 8 heteroatoms. The summed E-state index contributed by atoms with van der Waals surface area (Å²) in [7, 11) is 1.62. The van der Waals surface area contributed by atoms with Crippen LogP contribution in [0.15, 0.2) is 66.7 Å². The van der Waals surface area contributed by atoms with Gasteiger partial charge in [0.1, 0.15) is 5.75 Å². The van der Waals surface area contributed by atoms with Gasteiger partial charge >= 0.3 is 6.03 Å². The third-order valence-corrected chi connectivity index (χ3v) is 7.80. The number of aryl methyl sites for hydroxylation is 1. The summed E-state index contributed by atoms with van der Waals surface area (Å²) in [5, 5.41) is 3.46. The summed E-state index contributed by atoms with van der Waals surface area (Å²) < 4.78 is 5.36. The Balaban J connectivity index is 1.53. The van der Waals surface area contributed by atoms with Crippen molar-refractivity contribution in [3.8, 4) is 5.75 Å². The Morgan fingerprint density at radius 3 is 2.76 bits per heavy atom. The molecule has 0 bridgehead atoms. The molecule has 1 N–H and O–H groups in total. The van der Waals surface area contributed by atoms with E-state index in [9.17, 15) is 9.59 Å². The van der Waals surface area contributed by atoms with Gasteiger partial charge in [0.05, 0.1) is 19.3 Å². The Morgan fingerprint density at radius 1 is 1.15 bits per heavy atom. The van der Waals surface area contributed by atoms with Crippen molar-refractivity contribution in [2.24, 2.45) is 0 Å². The number of halogens is 1. The second-order valence-electron chi connectivity index (χ2n) is 8.35. The molecule has 3 aromatic carbocycles. The molecular formula is C26H24ClN3O3S. The summed E-state index contributed by atoms with van der Waals surface area (Å²) in [6, 6.07) is 20.4. The third kappa shape index (κ3) is 3.79. The zero-order valence-electron chi connectivity index (χ0n) is 18.9. The van der Waals surface area contributed by atoms with Gasteiger partial charge in [-0.2, -0.15) is 0 Å². The van der Waals surface area contributed by atoms with Crippen LogP contribution in [0.4, 0.5) is 16.2 Å². The Labute approximate surface area is 207 Å². The first kappa shape index (κ1) is 22.6. The maximum Gasteiger partial charge on any atom is 0.323 e. The minimum atomic E-state index is -1.11. The Bertz CT molecular complexity index is 1280. The zero-order valence-corrected chi connectivity index (χ0v) is 20.4. The molecule has 1 fully saturated rings. The summed E-state index contributed by atoms with van der Waals surface area (Å²) in [4.78, 5) is 29.9. The van der Waals surface area contributed by atoms with Crippen LogP contribution in [0.3, 0.4) is 0 Å². The maximum absolute atomic E-state index is 14.1. The van der Waals surface area contributed by atoms with E-state index in [2.05, 4.69) is 5.32 Å². The van der Waals surface area contributed by atoms with Crippen LogP contribution in [0.2, 0.25) is 5.02 Å². The normalized spacial score (nSPS) is 19.0. The lowest BCUT2D eigenvalue weighted by atomic mass is 10.0. The predicted octanol–water partition coefficient (Wildman–Crippen LogP) is 5.64. The van der Waals surface area contributed by atoms with E-state index in [1.54, 1.807) is 41.2 Å². The van der Waals surface area contributed by atoms with Gasteiger partial charge in [0.15, 0.2) is 4.87 Å². The highest BCUT2D eigenvalue weighted by Gasteiger charge is 2.59. The van der Waals surface area contributed by atoms with Gasteiger partial charge in [0.2, 0.25) is 0 Å². The number of fused-ring (bicyclic) bond motifs is 2. The van der Waals surface area contributed by atoms with Crippen molar-refractivity contribution in [2.75, 3.05) is 29.6 Å². The van der Waals surface area contributed by atoms with Crippen LogP contribution in [0.5, 0.6) is 5.75 Å². The van der Waals surface area contributed by atoms with Gasteiger partial charge in [-0.05, 0) is 48.9 Å². The monoisotopic (exact) mass is 493 g/mol. The molecular weight excluding hydrogens is 470 g/mol. The van der Waals surface area contributed by atoms with Crippen molar-refractivity contribution in [1.29, 1.82) is 0 Å². The van der Waals surface area contributed by atoms with E-state index in [-0.39, 0.29) is 11.9 Å². The molecule has 6 nitrogen and oxygen atoms in total. The highest BCUT2D eigenvalue weighted by Crippen LogP contribution is 2.54. The van der Waals surface area contributed by atoms with Crippen LogP contribution in [0.25, 0.3) is 0 Å². The molecule has 3 amide bonds. The standard InChI is InChI=1S/C26H24ClN3O3S/c1-17-9-10-23-22(13-17)26(24(31)29(23)16-18-5-3-8-21(14-18)33-2)30(11-12-34-26)25(32)28-20-7-4-6-19(27)15-20/h3-10,13-15H,11-12,16H2,1-2H3,(H,28,32)/t26-/m1/s1. The highest BCUT2D eigenvalue weighted by molar-refractivity contribution is 8.01. The molecule has 1 saturated heterocycles. The van der Waals surface area contributed by atoms with Gasteiger partial charge in [0, 0.05) is 28.6 Å². The summed E-state index contributed by atoms with van der Waals surface area (Å²) in [5.74, 6) is 1.29. The molecule has 1 atom stereocenters. The van der Waals surface area contributed by atoms with Crippen molar-refractivity contribution < 1.29 is 14.3 Å². The number of methoxy groups -OCH3 is 1. The molecule has 1 spiro atoms. The van der Waals surface area contributed by atoms with Crippen molar-refractivity contribution >= 4 is 46.7 Å². The smallest absolute Gasteiger partial charge is 0.323 e. The van der Waals surface area contributed by atoms with Crippen molar-refractivity contribution in [1.82, 2.24) is 4.90 Å². The Morgan fingerprint density at radius 2 is 1.97 bits per heavy atom. The number of hydrogen-bond acceptors (Lipinski definition) is 4. The quantitative estimate of drug-likeness (QED) is 0.511. The van der Waals surface area contributed by atoms with Gasteiger partial charge in [-0.1, -0.05) is 47.5 Å². The molecule has 2 aliphatic heterocycles. The fourth-order valence-corrected chi connectivity index (χ4v) is 6.24. The average Bonchev–Trinajstić information content (AvgIpc) is 3.36. The molecule has 0 radical (unpaired) electrons. The van der Waals surface area contributed by atoms with E-state index >= 15 is 0 Å². The largest absolute Gasteiger partial charge is 0.497 e. The van der Waals surface area contributed by atoms with Crippen LogP contribution in [0.1, 0.15) is 16.7 Å². The van der Waals surface area contributed by atoms with Gasteiger partial charge in [-0.25, -0.2) is 4.79 Å². The van der Waals surface area contributed by atoms with E-state index in [0.29, 0.717) is 29.6 Å². The first-order valence-corrected chi connectivity index (χ1v) is 12.3. The number of thioether (sulfide) groups is 1. The van der Waals surface area contributed by atoms with E-state index < -0.39 is 4.87 Å². The van der Waals surface area contributed by atoms with E-state index in [4.69, 9.17) is 16.3 Å². The molecule has 0 aromatic heterocycles. The minimum absolute atomic E-state index is 0.111. The number of carbonyl (C=O) groups is 2. The molecule has 174 valence electrons. The van der Waals surface area contributed by atoms with Crippen molar-refractivity contribution in [3.63, 3.8) is 0 Å². The van der Waals surface area contributed by atoms with E-state index in [1.165, 1.54) is 11.8 Å². The third-order valence-electron chi connectivity index (χ3n) is 6.14. The molecule has 0 aliphatic carbocycles. The lowest BCUT2D eigenvalue weighted by molar-refractivity contribution is -0.123. The summed E-state index contributed by atoms with van der Waals surface area (Å²) >= 11 is 7.60. The number of anilines is 2. The van der Waals surface area contributed by atoms with Gasteiger partial charge in [-0.3, -0.25) is 9.69 Å². The number of hydrogen-bond donors (Lipinski definition) is 1. The number of benzene rings is 3. The van der Waals surface area contributed by atoms with Crippen molar-refractivity contribution in [2.45, 2.75) is 18.3 Å². The fourth-order valence-electron chi connectivity index (χ4n) is 4.60. The summed E-state index contributed by atoms with van der Waals surface area (Å²) in [5.41, 5.74) is 4.26. The Hall–Kier alpha value is -3.16. The molecule has 2 heterocycles. The zero-order chi connectivity index (χ0) is 23.9. The van der Waals surface area contributed by atoms with Gasteiger partial charge < -0.3 is 15.0 Å². The molecule has 0 saturated carbocycles.